The average Bonchev–Trinajstić information content (AvgIpc) is 3.45. The van der Waals surface area contributed by atoms with Crippen LogP contribution in [0, 0.1) is 0 Å². The predicted octanol–water partition coefficient (Wildman–Crippen LogP) is 11.8. The summed E-state index contributed by atoms with van der Waals surface area (Å²) < 4.78 is 2.40. The molecule has 1 aromatic heterocycles. The van der Waals surface area contributed by atoms with Gasteiger partial charge in [0.05, 0.1) is 11.0 Å². The molecule has 0 bridgehead atoms. The minimum absolute atomic E-state index is 0.142. The minimum Gasteiger partial charge on any atom is -0.309 e. The van der Waals surface area contributed by atoms with E-state index < -0.39 is 0 Å². The van der Waals surface area contributed by atoms with Crippen LogP contribution in [0.3, 0.4) is 0 Å². The maximum absolute atomic E-state index is 2.40. The topological polar surface area (TPSA) is 4.93 Å². The highest BCUT2D eigenvalue weighted by Crippen LogP contribution is 2.38. The van der Waals surface area contributed by atoms with Crippen molar-refractivity contribution in [3.63, 3.8) is 0 Å². The van der Waals surface area contributed by atoms with Gasteiger partial charge in [-0.15, -0.1) is 0 Å². The second-order valence-corrected chi connectivity index (χ2v) is 14.4. The Morgan fingerprint density at radius 2 is 0.761 bits per heavy atom. The quantitative estimate of drug-likeness (QED) is 0.166. The molecule has 8 rings (SSSR count). The van der Waals surface area contributed by atoms with Gasteiger partial charge in [-0.05, 0) is 112 Å². The molecule has 0 unspecified atom stereocenters. The Morgan fingerprint density at radius 1 is 0.348 bits per heavy atom. The molecule has 0 aliphatic heterocycles. The molecule has 220 valence electrons. The molecule has 1 heterocycles. The summed E-state index contributed by atoms with van der Waals surface area (Å²) in [7, 11) is -0.142. The molecule has 0 N–H and O–H groups in total. The van der Waals surface area contributed by atoms with Crippen molar-refractivity contribution in [2.24, 2.45) is 0 Å². The molecule has 0 fully saturated rings. The number of nitrogens with zero attached hydrogens (tertiary/aromatic N) is 1. The molecule has 0 aliphatic carbocycles. The van der Waals surface area contributed by atoms with Gasteiger partial charge in [-0.3, -0.25) is 0 Å². The minimum atomic E-state index is -0.142. The molecule has 0 saturated carbocycles. The van der Waals surface area contributed by atoms with Crippen LogP contribution in [0.15, 0.2) is 170 Å². The van der Waals surface area contributed by atoms with Crippen LogP contribution in [-0.2, 0) is 0 Å². The summed E-state index contributed by atoms with van der Waals surface area (Å²) in [5.74, 6) is 0. The van der Waals surface area contributed by atoms with Gasteiger partial charge in [-0.1, -0.05) is 129 Å². The molecule has 0 aliphatic rings. The highest BCUT2D eigenvalue weighted by atomic mass is 31.1. The first-order chi connectivity index (χ1) is 22.6. The summed E-state index contributed by atoms with van der Waals surface area (Å²) in [6.45, 7) is 4.63. The average molecular weight is 608 g/mol. The van der Waals surface area contributed by atoms with E-state index in [2.05, 4.69) is 188 Å². The van der Waals surface area contributed by atoms with Gasteiger partial charge in [-0.2, -0.15) is 0 Å². The molecule has 0 atom stereocenters. The lowest BCUT2D eigenvalue weighted by Crippen LogP contribution is -1.98. The van der Waals surface area contributed by atoms with Gasteiger partial charge >= 0.3 is 0 Å². The van der Waals surface area contributed by atoms with Crippen molar-refractivity contribution in [3.8, 4) is 50.2 Å². The van der Waals surface area contributed by atoms with Gasteiger partial charge in [0.25, 0.3) is 0 Å². The van der Waals surface area contributed by atoms with E-state index in [4.69, 9.17) is 0 Å². The first-order valence-electron chi connectivity index (χ1n) is 15.8. The van der Waals surface area contributed by atoms with Gasteiger partial charge in [0.2, 0.25) is 0 Å². The van der Waals surface area contributed by atoms with Gasteiger partial charge < -0.3 is 4.57 Å². The monoisotopic (exact) mass is 607 g/mol. The number of fused-ring (bicyclic) bond motifs is 3. The zero-order valence-corrected chi connectivity index (χ0v) is 27.0. The number of aromatic nitrogens is 1. The second kappa shape index (κ2) is 11.9. The molecule has 0 spiro atoms. The number of hydrogen-bond donors (Lipinski definition) is 0. The zero-order valence-electron chi connectivity index (χ0n) is 26.1. The summed E-state index contributed by atoms with van der Waals surface area (Å²) in [5.41, 5.74) is 13.5. The number of benzene rings is 7. The van der Waals surface area contributed by atoms with Gasteiger partial charge in [0, 0.05) is 16.5 Å². The first-order valence-corrected chi connectivity index (χ1v) is 18.0. The third-order valence-corrected chi connectivity index (χ3v) is 10.3. The smallest absolute Gasteiger partial charge is 0.0541 e. The first kappa shape index (κ1) is 28.3. The Hall–Kier alpha value is -5.23. The molecule has 7 aromatic carbocycles. The zero-order chi connectivity index (χ0) is 31.0. The predicted molar refractivity (Wildman–Crippen MR) is 201 cm³/mol. The van der Waals surface area contributed by atoms with Crippen LogP contribution in [0.5, 0.6) is 0 Å². The van der Waals surface area contributed by atoms with Gasteiger partial charge in [0.1, 0.15) is 0 Å². The molecule has 8 aromatic rings. The third kappa shape index (κ3) is 5.24. The lowest BCUT2D eigenvalue weighted by Gasteiger charge is -2.11. The summed E-state index contributed by atoms with van der Waals surface area (Å²) in [6.07, 6.45) is 0. The maximum Gasteiger partial charge on any atom is 0.0541 e. The summed E-state index contributed by atoms with van der Waals surface area (Å²) in [5, 5.41) is 3.95. The fourth-order valence-electron chi connectivity index (χ4n) is 6.57. The molecule has 46 heavy (non-hydrogen) atoms. The van der Waals surface area contributed by atoms with Crippen molar-refractivity contribution < 1.29 is 0 Å². The molecule has 1 nitrogen and oxygen atoms in total. The van der Waals surface area contributed by atoms with Crippen molar-refractivity contribution in [1.29, 1.82) is 0 Å². The van der Waals surface area contributed by atoms with Crippen LogP contribution < -0.4 is 5.30 Å². The van der Waals surface area contributed by atoms with Crippen molar-refractivity contribution >= 4 is 35.0 Å². The summed E-state index contributed by atoms with van der Waals surface area (Å²) in [6, 6.07) is 62.1. The van der Waals surface area contributed by atoms with E-state index in [1.165, 1.54) is 77.3 Å². The van der Waals surface area contributed by atoms with E-state index in [-0.39, 0.29) is 7.92 Å². The molecule has 0 radical (unpaired) electrons. The van der Waals surface area contributed by atoms with E-state index in [1.807, 2.05) is 0 Å². The number of hydrogen-bond acceptors (Lipinski definition) is 0. The van der Waals surface area contributed by atoms with Crippen LogP contribution in [-0.4, -0.2) is 17.9 Å². The Labute approximate surface area is 272 Å². The molecule has 0 amide bonds. The molecular formula is C44H34NP. The maximum atomic E-state index is 2.40. The van der Waals surface area contributed by atoms with E-state index in [0.717, 1.165) is 0 Å². The van der Waals surface area contributed by atoms with E-state index >= 15 is 0 Å². The van der Waals surface area contributed by atoms with Gasteiger partial charge in [-0.25, -0.2) is 0 Å². The van der Waals surface area contributed by atoms with Crippen molar-refractivity contribution in [1.82, 2.24) is 4.57 Å². The number of rotatable bonds is 6. The van der Waals surface area contributed by atoms with E-state index in [1.54, 1.807) is 0 Å². The molecular weight excluding hydrogens is 573 g/mol. The normalized spacial score (nSPS) is 11.5. The Balaban J connectivity index is 1.26. The summed E-state index contributed by atoms with van der Waals surface area (Å²) in [4.78, 5) is 0. The Bertz CT molecular complexity index is 2310. The van der Waals surface area contributed by atoms with Crippen LogP contribution in [0.1, 0.15) is 0 Å². The highest BCUT2D eigenvalue weighted by molar-refractivity contribution is 7.64. The van der Waals surface area contributed by atoms with Crippen molar-refractivity contribution in [2.75, 3.05) is 13.3 Å². The number of para-hydroxylation sites is 1. The summed E-state index contributed by atoms with van der Waals surface area (Å²) >= 11 is 0. The third-order valence-electron chi connectivity index (χ3n) is 9.00. The standard InChI is InChI=1S/C44H34NP/c1-46(2)40-18-10-15-36(28-40)34-13-9-14-35(27-34)38-24-26-44-42(30-38)41-29-37(23-25-43(41)45(44)39-16-7-4-8-17-39)33-21-19-32(20-22-33)31-11-5-3-6-12-31/h3-30H,1-2H3. The van der Waals surface area contributed by atoms with Crippen molar-refractivity contribution in [3.05, 3.63) is 170 Å². The fourth-order valence-corrected chi connectivity index (χ4v) is 7.35. The highest BCUT2D eigenvalue weighted by Gasteiger charge is 2.15. The second-order valence-electron chi connectivity index (χ2n) is 12.1. The van der Waals surface area contributed by atoms with Crippen LogP contribution in [0.25, 0.3) is 72.0 Å². The van der Waals surface area contributed by atoms with Crippen LogP contribution in [0.2, 0.25) is 0 Å². The lowest BCUT2D eigenvalue weighted by molar-refractivity contribution is 1.18. The van der Waals surface area contributed by atoms with Gasteiger partial charge in [0.15, 0.2) is 0 Å². The fraction of sp³-hybridized carbons (Fsp3) is 0.0455. The molecule has 0 saturated heterocycles. The molecule has 2 heteroatoms. The van der Waals surface area contributed by atoms with Crippen molar-refractivity contribution in [2.45, 2.75) is 0 Å². The van der Waals surface area contributed by atoms with E-state index in [9.17, 15) is 0 Å². The SMILES string of the molecule is CP(C)c1cccc(-c2cccc(-c3ccc4c(c3)c3cc(-c5ccc(-c6ccccc6)cc5)ccc3n4-c3ccccc3)c2)c1. The van der Waals surface area contributed by atoms with Crippen LogP contribution >= 0.6 is 7.92 Å². The lowest BCUT2D eigenvalue weighted by atomic mass is 9.97. The van der Waals surface area contributed by atoms with Crippen LogP contribution in [0.4, 0.5) is 0 Å². The Morgan fingerprint density at radius 3 is 1.35 bits per heavy atom. The van der Waals surface area contributed by atoms with E-state index in [0.29, 0.717) is 0 Å². The Kier molecular flexibility index (Phi) is 7.33. The largest absolute Gasteiger partial charge is 0.309 e.